The van der Waals surface area contributed by atoms with Crippen LogP contribution in [0.3, 0.4) is 0 Å². The molecule has 2 aromatic carbocycles. The molecular formula is C20H20ClFN4O. The van der Waals surface area contributed by atoms with E-state index in [1.807, 2.05) is 26.0 Å². The first-order valence-corrected chi connectivity index (χ1v) is 8.73. The number of benzene rings is 2. The van der Waals surface area contributed by atoms with E-state index in [4.69, 9.17) is 16.3 Å². The summed E-state index contributed by atoms with van der Waals surface area (Å²) in [6.45, 7) is 6.16. The predicted molar refractivity (Wildman–Crippen MR) is 107 cm³/mol. The maximum Gasteiger partial charge on any atom is 0.229 e. The minimum atomic E-state index is -0.566. The topological polar surface area (TPSA) is 59.1 Å². The lowest BCUT2D eigenvalue weighted by atomic mass is 10.0. The minimum Gasteiger partial charge on any atom is -0.495 e. The number of aryl methyl sites for hydroxylation is 2. The van der Waals surface area contributed by atoms with Gasteiger partial charge in [0.05, 0.1) is 18.3 Å². The number of halogens is 2. The van der Waals surface area contributed by atoms with Gasteiger partial charge in [0, 0.05) is 11.4 Å². The van der Waals surface area contributed by atoms with Crippen LogP contribution in [0, 0.1) is 26.6 Å². The van der Waals surface area contributed by atoms with E-state index in [1.165, 1.54) is 12.7 Å². The highest BCUT2D eigenvalue weighted by atomic mass is 35.5. The van der Waals surface area contributed by atoms with Crippen LogP contribution in [0.25, 0.3) is 0 Å². The van der Waals surface area contributed by atoms with Gasteiger partial charge in [-0.25, -0.2) is 9.37 Å². The summed E-state index contributed by atoms with van der Waals surface area (Å²) in [6, 6.07) is 9.07. The summed E-state index contributed by atoms with van der Waals surface area (Å²) < 4.78 is 19.3. The fourth-order valence-corrected chi connectivity index (χ4v) is 2.89. The Kier molecular flexibility index (Phi) is 5.46. The van der Waals surface area contributed by atoms with Crippen molar-refractivity contribution in [2.75, 3.05) is 17.7 Å². The monoisotopic (exact) mass is 386 g/mol. The molecule has 1 heterocycles. The molecule has 140 valence electrons. The zero-order valence-corrected chi connectivity index (χ0v) is 16.3. The standard InChI is InChI=1S/C20H20ClFN4O/c1-11-7-15(8-12(2)13(11)3)25-20-23-10-17(22)19(26-20)24-14-5-6-18(27-4)16(21)9-14/h5-10H,1-4H3,(H2,23,24,25,26). The fraction of sp³-hybridized carbons (Fsp3) is 0.200. The SMILES string of the molecule is COc1ccc(Nc2nc(Nc3cc(C)c(C)c(C)c3)ncc2F)cc1Cl. The van der Waals surface area contributed by atoms with E-state index in [0.717, 1.165) is 23.0 Å². The third kappa shape index (κ3) is 4.28. The van der Waals surface area contributed by atoms with Crippen LogP contribution in [-0.4, -0.2) is 17.1 Å². The molecule has 0 fully saturated rings. The van der Waals surface area contributed by atoms with Crippen molar-refractivity contribution in [3.8, 4) is 5.75 Å². The Hall–Kier alpha value is -2.86. The van der Waals surface area contributed by atoms with E-state index in [0.29, 0.717) is 22.4 Å². The van der Waals surface area contributed by atoms with Gasteiger partial charge < -0.3 is 15.4 Å². The molecule has 0 atom stereocenters. The molecule has 2 N–H and O–H groups in total. The maximum absolute atomic E-state index is 14.1. The smallest absolute Gasteiger partial charge is 0.229 e. The molecule has 7 heteroatoms. The first-order chi connectivity index (χ1) is 12.9. The summed E-state index contributed by atoms with van der Waals surface area (Å²) in [4.78, 5) is 8.25. The van der Waals surface area contributed by atoms with Crippen molar-refractivity contribution in [2.24, 2.45) is 0 Å². The van der Waals surface area contributed by atoms with Gasteiger partial charge >= 0.3 is 0 Å². The van der Waals surface area contributed by atoms with Crippen molar-refractivity contribution in [3.05, 3.63) is 64.1 Å². The molecule has 5 nitrogen and oxygen atoms in total. The summed E-state index contributed by atoms with van der Waals surface area (Å²) in [5, 5.41) is 6.45. The number of aromatic nitrogens is 2. The Morgan fingerprint density at radius 3 is 2.33 bits per heavy atom. The highest BCUT2D eigenvalue weighted by Gasteiger charge is 2.10. The Labute approximate surface area is 162 Å². The second-order valence-corrected chi connectivity index (χ2v) is 6.63. The van der Waals surface area contributed by atoms with Crippen molar-refractivity contribution >= 4 is 34.7 Å². The van der Waals surface area contributed by atoms with Crippen molar-refractivity contribution in [3.63, 3.8) is 0 Å². The lowest BCUT2D eigenvalue weighted by Crippen LogP contribution is -2.04. The highest BCUT2D eigenvalue weighted by Crippen LogP contribution is 2.29. The second kappa shape index (κ2) is 7.80. The van der Waals surface area contributed by atoms with Crippen molar-refractivity contribution in [1.29, 1.82) is 0 Å². The number of hydrogen-bond donors (Lipinski definition) is 2. The zero-order chi connectivity index (χ0) is 19.6. The van der Waals surface area contributed by atoms with Crippen LogP contribution < -0.4 is 15.4 Å². The van der Waals surface area contributed by atoms with Gasteiger partial charge in [-0.3, -0.25) is 0 Å². The summed E-state index contributed by atoms with van der Waals surface area (Å²) in [6.07, 6.45) is 1.12. The Morgan fingerprint density at radius 1 is 1.00 bits per heavy atom. The molecule has 3 rings (SSSR count). The summed E-state index contributed by atoms with van der Waals surface area (Å²) in [5.74, 6) is 0.317. The lowest BCUT2D eigenvalue weighted by molar-refractivity contribution is 0.415. The van der Waals surface area contributed by atoms with Crippen molar-refractivity contribution in [1.82, 2.24) is 9.97 Å². The molecule has 0 aliphatic rings. The maximum atomic E-state index is 14.1. The molecule has 0 aliphatic heterocycles. The van der Waals surface area contributed by atoms with E-state index < -0.39 is 5.82 Å². The molecule has 0 radical (unpaired) electrons. The van der Waals surface area contributed by atoms with E-state index in [1.54, 1.807) is 18.2 Å². The minimum absolute atomic E-state index is 0.0503. The van der Waals surface area contributed by atoms with E-state index >= 15 is 0 Å². The van der Waals surface area contributed by atoms with Gasteiger partial charge in [0.25, 0.3) is 0 Å². The molecule has 0 saturated heterocycles. The zero-order valence-electron chi connectivity index (χ0n) is 15.5. The number of anilines is 4. The highest BCUT2D eigenvalue weighted by molar-refractivity contribution is 6.32. The number of rotatable bonds is 5. The van der Waals surface area contributed by atoms with Gasteiger partial charge in [-0.1, -0.05) is 11.6 Å². The molecule has 0 amide bonds. The summed E-state index contributed by atoms with van der Waals surface area (Å²) >= 11 is 6.11. The van der Waals surface area contributed by atoms with E-state index in [-0.39, 0.29) is 5.82 Å². The van der Waals surface area contributed by atoms with Crippen LogP contribution in [0.2, 0.25) is 5.02 Å². The molecule has 3 aromatic rings. The lowest BCUT2D eigenvalue weighted by Gasteiger charge is -2.12. The third-order valence-electron chi connectivity index (χ3n) is 4.34. The predicted octanol–water partition coefficient (Wildman–Crippen LogP) is 5.69. The number of hydrogen-bond acceptors (Lipinski definition) is 5. The van der Waals surface area contributed by atoms with Gasteiger partial charge in [0.1, 0.15) is 5.75 Å². The Bertz CT molecular complexity index is 971. The second-order valence-electron chi connectivity index (χ2n) is 6.22. The molecule has 27 heavy (non-hydrogen) atoms. The molecule has 1 aromatic heterocycles. The molecular weight excluding hydrogens is 367 g/mol. The molecule has 0 bridgehead atoms. The third-order valence-corrected chi connectivity index (χ3v) is 4.64. The quantitative estimate of drug-likeness (QED) is 0.589. The largest absolute Gasteiger partial charge is 0.495 e. The van der Waals surface area contributed by atoms with Gasteiger partial charge in [-0.2, -0.15) is 4.98 Å². The molecule has 0 spiro atoms. The van der Waals surface area contributed by atoms with Gasteiger partial charge in [0.2, 0.25) is 5.95 Å². The first kappa shape index (κ1) is 18.9. The Balaban J connectivity index is 1.85. The number of nitrogens with zero attached hydrogens (tertiary/aromatic N) is 2. The summed E-state index contributed by atoms with van der Waals surface area (Å²) in [5.41, 5.74) is 4.99. The van der Waals surface area contributed by atoms with Crippen molar-refractivity contribution in [2.45, 2.75) is 20.8 Å². The van der Waals surface area contributed by atoms with Crippen molar-refractivity contribution < 1.29 is 9.13 Å². The van der Waals surface area contributed by atoms with Crippen LogP contribution in [0.1, 0.15) is 16.7 Å². The van der Waals surface area contributed by atoms with Gasteiger partial charge in [-0.05, 0) is 67.8 Å². The van der Waals surface area contributed by atoms with Crippen LogP contribution in [0.4, 0.5) is 27.5 Å². The van der Waals surface area contributed by atoms with Crippen LogP contribution >= 0.6 is 11.6 Å². The van der Waals surface area contributed by atoms with Gasteiger partial charge in [0.15, 0.2) is 11.6 Å². The van der Waals surface area contributed by atoms with Crippen LogP contribution in [0.15, 0.2) is 36.5 Å². The summed E-state index contributed by atoms with van der Waals surface area (Å²) in [7, 11) is 1.53. The number of nitrogens with one attached hydrogen (secondary N) is 2. The fourth-order valence-electron chi connectivity index (χ4n) is 2.63. The van der Waals surface area contributed by atoms with Crippen LogP contribution in [0.5, 0.6) is 5.75 Å². The van der Waals surface area contributed by atoms with E-state index in [9.17, 15) is 4.39 Å². The van der Waals surface area contributed by atoms with E-state index in [2.05, 4.69) is 27.5 Å². The normalized spacial score (nSPS) is 10.6. The average Bonchev–Trinajstić information content (AvgIpc) is 2.62. The Morgan fingerprint density at radius 2 is 1.70 bits per heavy atom. The average molecular weight is 387 g/mol. The number of ether oxygens (including phenoxy) is 1. The first-order valence-electron chi connectivity index (χ1n) is 8.35. The molecule has 0 unspecified atom stereocenters. The van der Waals surface area contributed by atoms with Crippen LogP contribution in [-0.2, 0) is 0 Å². The van der Waals surface area contributed by atoms with Gasteiger partial charge in [-0.15, -0.1) is 0 Å². The molecule has 0 aliphatic carbocycles. The molecule has 0 saturated carbocycles. The number of methoxy groups -OCH3 is 1.